The van der Waals surface area contributed by atoms with Gasteiger partial charge in [-0.1, -0.05) is 19.1 Å². The van der Waals surface area contributed by atoms with Crippen molar-refractivity contribution in [2.75, 3.05) is 11.9 Å². The molecule has 9 heteroatoms. The first-order valence-corrected chi connectivity index (χ1v) is 11.2. The number of benzene rings is 2. The molecule has 0 fully saturated rings. The van der Waals surface area contributed by atoms with E-state index in [-0.39, 0.29) is 23.2 Å². The molecule has 0 aliphatic heterocycles. The van der Waals surface area contributed by atoms with Gasteiger partial charge in [0.25, 0.3) is 5.91 Å². The molecule has 3 aromatic rings. The number of hydrogen-bond acceptors (Lipinski definition) is 5. The number of amides is 1. The van der Waals surface area contributed by atoms with Crippen molar-refractivity contribution in [3.63, 3.8) is 0 Å². The molecule has 0 unspecified atom stereocenters. The number of aromatic nitrogens is 1. The number of aryl methyl sites for hydroxylation is 1. The van der Waals surface area contributed by atoms with Crippen molar-refractivity contribution in [2.24, 2.45) is 0 Å². The smallest absolute Gasteiger partial charge is 0.257 e. The summed E-state index contributed by atoms with van der Waals surface area (Å²) >= 11 is 1.30. The largest absolute Gasteiger partial charge is 0.298 e. The van der Waals surface area contributed by atoms with Crippen molar-refractivity contribution in [3.05, 3.63) is 76.0 Å². The highest BCUT2D eigenvalue weighted by Crippen LogP contribution is 2.23. The van der Waals surface area contributed by atoms with Gasteiger partial charge in [-0.3, -0.25) is 10.1 Å². The minimum atomic E-state index is -3.56. The van der Waals surface area contributed by atoms with Crippen LogP contribution in [0.1, 0.15) is 33.3 Å². The van der Waals surface area contributed by atoms with Crippen molar-refractivity contribution in [3.8, 4) is 0 Å². The Labute approximate surface area is 172 Å². The number of hydrogen-bond donors (Lipinski definition) is 2. The molecule has 29 heavy (non-hydrogen) atoms. The summed E-state index contributed by atoms with van der Waals surface area (Å²) in [5.74, 6) is -0.639. The van der Waals surface area contributed by atoms with Gasteiger partial charge >= 0.3 is 0 Å². The molecule has 2 aromatic carbocycles. The van der Waals surface area contributed by atoms with Crippen molar-refractivity contribution in [1.29, 1.82) is 0 Å². The first kappa shape index (κ1) is 21.1. The zero-order chi connectivity index (χ0) is 21.0. The van der Waals surface area contributed by atoms with Gasteiger partial charge in [0.05, 0.1) is 4.90 Å². The van der Waals surface area contributed by atoms with E-state index in [4.69, 9.17) is 0 Å². The highest BCUT2D eigenvalue weighted by Gasteiger charge is 2.14. The Morgan fingerprint density at radius 2 is 1.90 bits per heavy atom. The number of carbonyl (C=O) groups excluding carboxylic acids is 1. The van der Waals surface area contributed by atoms with Gasteiger partial charge in [0.15, 0.2) is 5.13 Å². The van der Waals surface area contributed by atoms with E-state index >= 15 is 0 Å². The molecule has 1 amide bonds. The Bertz CT molecular complexity index is 1130. The average Bonchev–Trinajstić information content (AvgIpc) is 3.11. The zero-order valence-electron chi connectivity index (χ0n) is 15.9. The van der Waals surface area contributed by atoms with E-state index in [9.17, 15) is 17.6 Å². The maximum Gasteiger partial charge on any atom is 0.257 e. The molecule has 0 aliphatic carbocycles. The molecule has 0 saturated carbocycles. The second kappa shape index (κ2) is 8.81. The maximum absolute atomic E-state index is 13.7. The fourth-order valence-electron chi connectivity index (χ4n) is 2.62. The number of halogens is 1. The van der Waals surface area contributed by atoms with Crippen LogP contribution in [0, 0.1) is 12.7 Å². The molecule has 1 aromatic heterocycles. The summed E-state index contributed by atoms with van der Waals surface area (Å²) in [5, 5.41) is 3.12. The van der Waals surface area contributed by atoms with E-state index in [1.165, 1.54) is 41.7 Å². The summed E-state index contributed by atoms with van der Waals surface area (Å²) in [6, 6.07) is 10.7. The number of rotatable bonds is 7. The number of anilines is 1. The average molecular weight is 434 g/mol. The molecule has 0 radical (unpaired) electrons. The molecular formula is C20H20FN3O3S2. The van der Waals surface area contributed by atoms with Gasteiger partial charge in [0.1, 0.15) is 5.82 Å². The number of carbonyl (C=O) groups is 1. The van der Waals surface area contributed by atoms with Crippen LogP contribution < -0.4 is 10.0 Å². The van der Waals surface area contributed by atoms with E-state index in [0.717, 1.165) is 10.4 Å². The lowest BCUT2D eigenvalue weighted by molar-refractivity contribution is 0.102. The Balaban J connectivity index is 1.66. The van der Waals surface area contributed by atoms with Gasteiger partial charge in [-0.05, 0) is 48.4 Å². The van der Waals surface area contributed by atoms with Crippen LogP contribution in [0.4, 0.5) is 9.52 Å². The molecule has 152 valence electrons. The van der Waals surface area contributed by atoms with Crippen LogP contribution >= 0.6 is 11.3 Å². The summed E-state index contributed by atoms with van der Waals surface area (Å²) in [6.07, 6.45) is 2.16. The lowest BCUT2D eigenvalue weighted by atomic mass is 10.1. The molecule has 0 saturated heterocycles. The Morgan fingerprint density at radius 1 is 1.17 bits per heavy atom. The predicted molar refractivity (Wildman–Crippen MR) is 111 cm³/mol. The molecule has 3 rings (SSSR count). The molecule has 0 bridgehead atoms. The van der Waals surface area contributed by atoms with Gasteiger partial charge in [0, 0.05) is 29.6 Å². The first-order valence-electron chi connectivity index (χ1n) is 8.89. The van der Waals surface area contributed by atoms with Gasteiger partial charge < -0.3 is 0 Å². The molecule has 2 N–H and O–H groups in total. The summed E-state index contributed by atoms with van der Waals surface area (Å²) in [5.41, 5.74) is 1.74. The van der Waals surface area contributed by atoms with Crippen LogP contribution in [-0.4, -0.2) is 25.9 Å². The van der Waals surface area contributed by atoms with Crippen LogP contribution in [0.2, 0.25) is 0 Å². The van der Waals surface area contributed by atoms with Crippen molar-refractivity contribution in [1.82, 2.24) is 9.71 Å². The standard InChI is InChI=1S/C20H20FN3O3S2/c1-3-23-29(26,27)17-8-6-15(7-9-17)19(25)24-20-22-12-16(28-20)10-14-5-4-13(2)18(21)11-14/h4-9,11-12,23H,3,10H2,1-2H3,(H,22,24,25). The Kier molecular flexibility index (Phi) is 6.41. The van der Waals surface area contributed by atoms with Crippen molar-refractivity contribution < 1.29 is 17.6 Å². The zero-order valence-corrected chi connectivity index (χ0v) is 17.5. The van der Waals surface area contributed by atoms with Crippen LogP contribution in [0.15, 0.2) is 53.6 Å². The molecular weight excluding hydrogens is 413 g/mol. The molecule has 0 aliphatic rings. The van der Waals surface area contributed by atoms with E-state index in [1.54, 1.807) is 26.1 Å². The monoisotopic (exact) mass is 433 g/mol. The number of nitrogens with one attached hydrogen (secondary N) is 2. The van der Waals surface area contributed by atoms with Crippen molar-refractivity contribution >= 4 is 32.4 Å². The van der Waals surface area contributed by atoms with Crippen molar-refractivity contribution in [2.45, 2.75) is 25.2 Å². The van der Waals surface area contributed by atoms with E-state index in [0.29, 0.717) is 22.7 Å². The summed E-state index contributed by atoms with van der Waals surface area (Å²) in [4.78, 5) is 17.6. The Morgan fingerprint density at radius 3 is 2.55 bits per heavy atom. The minimum absolute atomic E-state index is 0.0952. The van der Waals surface area contributed by atoms with Crippen LogP contribution in [0.5, 0.6) is 0 Å². The maximum atomic E-state index is 13.7. The lowest BCUT2D eigenvalue weighted by Gasteiger charge is -2.06. The summed E-state index contributed by atoms with van der Waals surface area (Å²) in [6.45, 7) is 3.69. The minimum Gasteiger partial charge on any atom is -0.298 e. The summed E-state index contributed by atoms with van der Waals surface area (Å²) < 4.78 is 40.0. The predicted octanol–water partition coefficient (Wildman–Crippen LogP) is 3.73. The first-order chi connectivity index (χ1) is 13.8. The molecule has 0 atom stereocenters. The van der Waals surface area contributed by atoms with E-state index < -0.39 is 10.0 Å². The number of sulfonamides is 1. The molecule has 0 spiro atoms. The SMILES string of the molecule is CCNS(=O)(=O)c1ccc(C(=O)Nc2ncc(Cc3ccc(C)c(F)c3)s2)cc1. The third-order valence-corrected chi connectivity index (χ3v) is 6.62. The van der Waals surface area contributed by atoms with Crippen LogP contribution in [0.25, 0.3) is 0 Å². The van der Waals surface area contributed by atoms with Crippen LogP contribution in [0.3, 0.4) is 0 Å². The second-order valence-electron chi connectivity index (χ2n) is 6.37. The van der Waals surface area contributed by atoms with Gasteiger partial charge in [-0.25, -0.2) is 22.5 Å². The molecule has 1 heterocycles. The summed E-state index contributed by atoms with van der Waals surface area (Å²) in [7, 11) is -3.56. The van der Waals surface area contributed by atoms with Gasteiger partial charge in [0.2, 0.25) is 10.0 Å². The van der Waals surface area contributed by atoms with Gasteiger partial charge in [-0.15, -0.1) is 11.3 Å². The van der Waals surface area contributed by atoms with Crippen LogP contribution in [-0.2, 0) is 16.4 Å². The van der Waals surface area contributed by atoms with E-state index in [2.05, 4.69) is 15.0 Å². The van der Waals surface area contributed by atoms with E-state index in [1.807, 2.05) is 6.07 Å². The fourth-order valence-corrected chi connectivity index (χ4v) is 4.51. The normalized spacial score (nSPS) is 11.4. The molecule has 6 nitrogen and oxygen atoms in total. The number of thiazole rings is 1. The third kappa shape index (κ3) is 5.26. The number of nitrogens with zero attached hydrogens (tertiary/aromatic N) is 1. The highest BCUT2D eigenvalue weighted by molar-refractivity contribution is 7.89. The van der Waals surface area contributed by atoms with Gasteiger partial charge in [-0.2, -0.15) is 0 Å². The Hall–Kier alpha value is -2.62. The topological polar surface area (TPSA) is 88.2 Å². The third-order valence-electron chi connectivity index (χ3n) is 4.15. The quantitative estimate of drug-likeness (QED) is 0.594. The highest BCUT2D eigenvalue weighted by atomic mass is 32.2. The fraction of sp³-hybridized carbons (Fsp3) is 0.200. The lowest BCUT2D eigenvalue weighted by Crippen LogP contribution is -2.23. The second-order valence-corrected chi connectivity index (χ2v) is 9.25.